The molecule has 2 heterocycles. The maximum absolute atomic E-state index is 11.9. The van der Waals surface area contributed by atoms with E-state index in [9.17, 15) is 9.59 Å². The van der Waals surface area contributed by atoms with E-state index >= 15 is 0 Å². The molecule has 0 bridgehead atoms. The number of hydrogen-bond donors (Lipinski definition) is 2. The van der Waals surface area contributed by atoms with Crippen molar-refractivity contribution in [3.05, 3.63) is 45.9 Å². The molecule has 104 valence electrons. The topological polar surface area (TPSA) is 88.5 Å². The maximum atomic E-state index is 11.9. The van der Waals surface area contributed by atoms with Crippen LogP contribution in [0, 0.1) is 0 Å². The highest BCUT2D eigenvalue weighted by molar-refractivity contribution is 7.12. The Bertz CT molecular complexity index is 622. The van der Waals surface area contributed by atoms with Crippen molar-refractivity contribution < 1.29 is 19.4 Å². The van der Waals surface area contributed by atoms with Crippen molar-refractivity contribution >= 4 is 23.2 Å². The molecule has 1 amide bonds. The summed E-state index contributed by atoms with van der Waals surface area (Å²) in [6.45, 7) is 0.284. The molecule has 0 aromatic carbocycles. The van der Waals surface area contributed by atoms with Crippen molar-refractivity contribution in [3.8, 4) is 5.75 Å². The summed E-state index contributed by atoms with van der Waals surface area (Å²) < 4.78 is 5.01. The second-order valence-electron chi connectivity index (χ2n) is 3.89. The second-order valence-corrected chi connectivity index (χ2v) is 4.80. The first-order valence-electron chi connectivity index (χ1n) is 5.69. The minimum absolute atomic E-state index is 0.0249. The molecule has 0 aliphatic carbocycles. The fraction of sp³-hybridized carbons (Fsp3) is 0.154. The number of carboxylic acid groups (broad SMARTS) is 1. The molecule has 0 saturated carbocycles. The van der Waals surface area contributed by atoms with Gasteiger partial charge in [-0.15, -0.1) is 11.3 Å². The zero-order valence-corrected chi connectivity index (χ0v) is 11.4. The Balaban J connectivity index is 1.94. The van der Waals surface area contributed by atoms with Gasteiger partial charge < -0.3 is 15.2 Å². The standard InChI is InChI=1S/C13H12N2O4S/c1-19-9-4-11(20-7-9)12(16)15-6-8-2-3-10(13(17)18)14-5-8/h2-5,7H,6H2,1H3,(H,15,16)(H,17,18). The van der Waals surface area contributed by atoms with Gasteiger partial charge in [0.1, 0.15) is 11.4 Å². The molecule has 2 aromatic heterocycles. The maximum Gasteiger partial charge on any atom is 0.354 e. The lowest BCUT2D eigenvalue weighted by atomic mass is 10.2. The first-order valence-corrected chi connectivity index (χ1v) is 6.57. The minimum atomic E-state index is -1.08. The summed E-state index contributed by atoms with van der Waals surface area (Å²) in [4.78, 5) is 26.8. The van der Waals surface area contributed by atoms with Gasteiger partial charge in [-0.25, -0.2) is 9.78 Å². The average molecular weight is 292 g/mol. The Labute approximate surface area is 119 Å². The van der Waals surface area contributed by atoms with E-state index in [0.717, 1.165) is 5.56 Å². The van der Waals surface area contributed by atoms with Gasteiger partial charge in [-0.05, 0) is 11.6 Å². The number of ether oxygens (including phenoxy) is 1. The highest BCUT2D eigenvalue weighted by Crippen LogP contribution is 2.20. The van der Waals surface area contributed by atoms with Gasteiger partial charge in [0.2, 0.25) is 0 Å². The van der Waals surface area contributed by atoms with Crippen LogP contribution < -0.4 is 10.1 Å². The number of carbonyl (C=O) groups is 2. The van der Waals surface area contributed by atoms with Crippen LogP contribution in [0.3, 0.4) is 0 Å². The van der Waals surface area contributed by atoms with E-state index in [4.69, 9.17) is 9.84 Å². The first kappa shape index (κ1) is 14.0. The number of hydrogen-bond acceptors (Lipinski definition) is 5. The zero-order valence-electron chi connectivity index (χ0n) is 10.6. The highest BCUT2D eigenvalue weighted by Gasteiger charge is 2.09. The van der Waals surface area contributed by atoms with Gasteiger partial charge in [0.05, 0.1) is 12.0 Å². The van der Waals surface area contributed by atoms with Crippen LogP contribution in [0.1, 0.15) is 25.7 Å². The predicted molar refractivity (Wildman–Crippen MR) is 73.2 cm³/mol. The number of aromatic carboxylic acids is 1. The number of aromatic nitrogens is 1. The zero-order chi connectivity index (χ0) is 14.5. The normalized spacial score (nSPS) is 10.1. The van der Waals surface area contributed by atoms with Gasteiger partial charge in [0.15, 0.2) is 0 Å². The monoisotopic (exact) mass is 292 g/mol. The minimum Gasteiger partial charge on any atom is -0.496 e. The molecular weight excluding hydrogens is 280 g/mol. The molecule has 0 aliphatic rings. The number of methoxy groups -OCH3 is 1. The van der Waals surface area contributed by atoms with Crippen molar-refractivity contribution in [2.45, 2.75) is 6.54 Å². The lowest BCUT2D eigenvalue weighted by Crippen LogP contribution is -2.21. The number of pyridine rings is 1. The van der Waals surface area contributed by atoms with E-state index in [-0.39, 0.29) is 18.1 Å². The Morgan fingerprint density at radius 1 is 1.45 bits per heavy atom. The summed E-state index contributed by atoms with van der Waals surface area (Å²) in [6.07, 6.45) is 1.43. The molecule has 2 rings (SSSR count). The summed E-state index contributed by atoms with van der Waals surface area (Å²) >= 11 is 1.29. The molecule has 2 aromatic rings. The van der Waals surface area contributed by atoms with Gasteiger partial charge >= 0.3 is 5.97 Å². The van der Waals surface area contributed by atoms with Crippen LogP contribution in [0.15, 0.2) is 29.8 Å². The molecule has 0 atom stereocenters. The van der Waals surface area contributed by atoms with Gasteiger partial charge in [0.25, 0.3) is 5.91 Å². The Morgan fingerprint density at radius 3 is 2.80 bits per heavy atom. The fourth-order valence-corrected chi connectivity index (χ4v) is 2.24. The largest absolute Gasteiger partial charge is 0.496 e. The molecule has 0 fully saturated rings. The van der Waals surface area contributed by atoms with E-state index < -0.39 is 5.97 Å². The van der Waals surface area contributed by atoms with Crippen LogP contribution in [0.4, 0.5) is 0 Å². The van der Waals surface area contributed by atoms with Crippen LogP contribution in [0.5, 0.6) is 5.75 Å². The van der Waals surface area contributed by atoms with Crippen molar-refractivity contribution in [2.24, 2.45) is 0 Å². The first-order chi connectivity index (χ1) is 9.60. The number of nitrogens with zero attached hydrogens (tertiary/aromatic N) is 1. The fourth-order valence-electron chi connectivity index (χ4n) is 1.47. The molecule has 7 heteroatoms. The molecule has 0 aliphatic heterocycles. The van der Waals surface area contributed by atoms with Crippen LogP contribution in [0.25, 0.3) is 0 Å². The third-order valence-corrected chi connectivity index (χ3v) is 3.44. The number of amides is 1. The molecule has 0 unspecified atom stereocenters. The summed E-state index contributed by atoms with van der Waals surface area (Å²) in [5.74, 6) is -0.639. The number of thiophene rings is 1. The van der Waals surface area contributed by atoms with E-state index in [0.29, 0.717) is 10.6 Å². The SMILES string of the molecule is COc1csc(C(=O)NCc2ccc(C(=O)O)nc2)c1. The van der Waals surface area contributed by atoms with Crippen molar-refractivity contribution in [3.63, 3.8) is 0 Å². The Morgan fingerprint density at radius 2 is 2.25 bits per heavy atom. The Hall–Kier alpha value is -2.41. The summed E-state index contributed by atoms with van der Waals surface area (Å²) in [6, 6.07) is 4.68. The third kappa shape index (κ3) is 3.33. The lowest BCUT2D eigenvalue weighted by molar-refractivity contribution is 0.0690. The summed E-state index contributed by atoms with van der Waals surface area (Å²) in [5.41, 5.74) is 0.704. The van der Waals surface area contributed by atoms with Crippen LogP contribution in [0.2, 0.25) is 0 Å². The molecule has 6 nitrogen and oxygen atoms in total. The molecule has 0 radical (unpaired) electrons. The molecule has 20 heavy (non-hydrogen) atoms. The average Bonchev–Trinajstić information content (AvgIpc) is 2.94. The molecular formula is C13H12N2O4S. The number of carbonyl (C=O) groups excluding carboxylic acids is 1. The van der Waals surface area contributed by atoms with Gasteiger partial charge in [-0.3, -0.25) is 4.79 Å². The predicted octanol–water partition coefficient (Wildman–Crippen LogP) is 1.78. The second kappa shape index (κ2) is 6.16. The van der Waals surface area contributed by atoms with E-state index in [2.05, 4.69) is 10.3 Å². The lowest BCUT2D eigenvalue weighted by Gasteiger charge is -2.03. The quantitative estimate of drug-likeness (QED) is 0.877. The van der Waals surface area contributed by atoms with Crippen LogP contribution >= 0.6 is 11.3 Å². The van der Waals surface area contributed by atoms with Crippen molar-refractivity contribution in [2.75, 3.05) is 7.11 Å². The van der Waals surface area contributed by atoms with Gasteiger partial charge in [0, 0.05) is 24.2 Å². The van der Waals surface area contributed by atoms with Crippen LogP contribution in [-0.4, -0.2) is 29.1 Å². The molecule has 0 saturated heterocycles. The van der Waals surface area contributed by atoms with Gasteiger partial charge in [-0.2, -0.15) is 0 Å². The van der Waals surface area contributed by atoms with Crippen LogP contribution in [-0.2, 0) is 6.54 Å². The van der Waals surface area contributed by atoms with E-state index in [1.807, 2.05) is 0 Å². The molecule has 0 spiro atoms. The van der Waals surface area contributed by atoms with E-state index in [1.54, 1.807) is 24.6 Å². The van der Waals surface area contributed by atoms with Gasteiger partial charge in [-0.1, -0.05) is 6.07 Å². The number of nitrogens with one attached hydrogen (secondary N) is 1. The van der Waals surface area contributed by atoms with Crippen molar-refractivity contribution in [1.29, 1.82) is 0 Å². The highest BCUT2D eigenvalue weighted by atomic mass is 32.1. The third-order valence-electron chi connectivity index (χ3n) is 2.53. The van der Waals surface area contributed by atoms with E-state index in [1.165, 1.54) is 23.6 Å². The summed E-state index contributed by atoms with van der Waals surface area (Å²) in [5, 5.41) is 13.2. The smallest absolute Gasteiger partial charge is 0.354 e. The Kier molecular flexibility index (Phi) is 4.31. The molecule has 2 N–H and O–H groups in total. The number of carboxylic acids is 1. The van der Waals surface area contributed by atoms with Crippen molar-refractivity contribution in [1.82, 2.24) is 10.3 Å². The summed E-state index contributed by atoms with van der Waals surface area (Å²) in [7, 11) is 1.54. The number of rotatable bonds is 5.